The van der Waals surface area contributed by atoms with Crippen LogP contribution in [0.1, 0.15) is 30.5 Å². The monoisotopic (exact) mass is 558 g/mol. The van der Waals surface area contributed by atoms with E-state index in [1.165, 1.54) is 23.5 Å². The van der Waals surface area contributed by atoms with Crippen LogP contribution in [-0.2, 0) is 23.1 Å². The normalized spacial score (nSPS) is 17.1. The number of hydrogen-bond donors (Lipinski definition) is 1. The van der Waals surface area contributed by atoms with Crippen molar-refractivity contribution < 1.29 is 22.3 Å². The van der Waals surface area contributed by atoms with Crippen molar-refractivity contribution in [2.24, 2.45) is 5.92 Å². The van der Waals surface area contributed by atoms with Crippen LogP contribution in [0.5, 0.6) is 11.5 Å². The lowest BCUT2D eigenvalue weighted by Crippen LogP contribution is -2.49. The van der Waals surface area contributed by atoms with Crippen LogP contribution in [0.25, 0.3) is 0 Å². The van der Waals surface area contributed by atoms with E-state index >= 15 is 0 Å². The number of aryl methyl sites for hydroxylation is 1. The number of hydrogen-bond acceptors (Lipinski definition) is 5. The first kappa shape index (κ1) is 27.8. The van der Waals surface area contributed by atoms with Crippen LogP contribution in [0.2, 0.25) is 5.02 Å². The summed E-state index contributed by atoms with van der Waals surface area (Å²) in [6.07, 6.45) is 0.666. The van der Waals surface area contributed by atoms with Gasteiger partial charge in [0, 0.05) is 41.9 Å². The van der Waals surface area contributed by atoms with Gasteiger partial charge in [0.15, 0.2) is 0 Å². The van der Waals surface area contributed by atoms with E-state index < -0.39 is 15.8 Å². The number of anilines is 1. The van der Waals surface area contributed by atoms with Crippen molar-refractivity contribution in [3.05, 3.63) is 94.4 Å². The second kappa shape index (κ2) is 11.3. The minimum atomic E-state index is -3.98. The minimum absolute atomic E-state index is 0.00897. The highest BCUT2D eigenvalue weighted by molar-refractivity contribution is 7.92. The number of rotatable bonds is 9. The minimum Gasteiger partial charge on any atom is -0.496 e. The van der Waals surface area contributed by atoms with Crippen molar-refractivity contribution in [2.75, 3.05) is 18.0 Å². The molecular formula is C29H32ClFN2O4S. The van der Waals surface area contributed by atoms with Gasteiger partial charge < -0.3 is 14.8 Å². The molecule has 1 aliphatic rings. The summed E-state index contributed by atoms with van der Waals surface area (Å²) in [6.45, 7) is 10.0. The Labute approximate surface area is 229 Å². The summed E-state index contributed by atoms with van der Waals surface area (Å²) in [5, 5.41) is 3.53. The molecule has 0 aromatic heterocycles. The standard InChI is InChI=1S/C29H32ClFN2O4S/c1-18(2)32-16-22-13-21-10-11-23(37-17-25-26(30)7-6-8-27(25)31)14-28(21)33(20(22)4)38(34,35)24-12-9-19(3)29(15-24)36-5/h6-12,14-15,20,22,32H,1,13,16-17H2,2-5H3/t20-,22+/m1/s1. The summed E-state index contributed by atoms with van der Waals surface area (Å²) in [7, 11) is -2.46. The fraction of sp³-hybridized carbons (Fsp3) is 0.310. The Morgan fingerprint density at radius 3 is 2.66 bits per heavy atom. The summed E-state index contributed by atoms with van der Waals surface area (Å²) in [5.74, 6) is 0.436. The van der Waals surface area contributed by atoms with Crippen molar-refractivity contribution in [3.63, 3.8) is 0 Å². The fourth-order valence-electron chi connectivity index (χ4n) is 4.67. The molecule has 0 spiro atoms. The summed E-state index contributed by atoms with van der Waals surface area (Å²) >= 11 is 6.15. The smallest absolute Gasteiger partial charge is 0.264 e. The molecule has 4 rings (SSSR count). The molecule has 0 saturated carbocycles. The maximum absolute atomic E-state index is 14.3. The topological polar surface area (TPSA) is 67.9 Å². The molecule has 0 aliphatic carbocycles. The van der Waals surface area contributed by atoms with Crippen molar-refractivity contribution in [1.29, 1.82) is 0 Å². The number of halogens is 2. The zero-order valence-corrected chi connectivity index (χ0v) is 23.5. The largest absolute Gasteiger partial charge is 0.496 e. The molecule has 1 heterocycles. The van der Waals surface area contributed by atoms with E-state index in [0.29, 0.717) is 30.2 Å². The van der Waals surface area contributed by atoms with Gasteiger partial charge >= 0.3 is 0 Å². The third-order valence-electron chi connectivity index (χ3n) is 6.88. The van der Waals surface area contributed by atoms with E-state index in [0.717, 1.165) is 16.8 Å². The Morgan fingerprint density at radius 1 is 1.21 bits per heavy atom. The Morgan fingerprint density at radius 2 is 1.97 bits per heavy atom. The Hall–Kier alpha value is -3.23. The molecule has 0 fully saturated rings. The molecule has 0 bridgehead atoms. The second-order valence-electron chi connectivity index (χ2n) is 9.58. The van der Waals surface area contributed by atoms with E-state index in [-0.39, 0.29) is 34.0 Å². The third kappa shape index (κ3) is 5.61. The SMILES string of the molecule is C=C(C)NC[C@@H]1Cc2ccc(OCc3c(F)cccc3Cl)cc2N(S(=O)(=O)c2ccc(C)c(OC)c2)[C@@H]1C. The maximum atomic E-state index is 14.3. The second-order valence-corrected chi connectivity index (χ2v) is 11.8. The van der Waals surface area contributed by atoms with Gasteiger partial charge in [0.05, 0.1) is 22.7 Å². The number of methoxy groups -OCH3 is 1. The van der Waals surface area contributed by atoms with Crippen molar-refractivity contribution >= 4 is 27.3 Å². The molecule has 3 aromatic carbocycles. The van der Waals surface area contributed by atoms with Crippen LogP contribution in [0.3, 0.4) is 0 Å². The Bertz CT molecular complexity index is 1440. The Kier molecular flexibility index (Phi) is 8.23. The number of sulfonamides is 1. The molecular weight excluding hydrogens is 527 g/mol. The van der Waals surface area contributed by atoms with Gasteiger partial charge in [0.2, 0.25) is 0 Å². The molecule has 0 radical (unpaired) electrons. The predicted octanol–water partition coefficient (Wildman–Crippen LogP) is 6.25. The van der Waals surface area contributed by atoms with E-state index in [4.69, 9.17) is 21.1 Å². The molecule has 1 N–H and O–H groups in total. The van der Waals surface area contributed by atoms with Gasteiger partial charge in [-0.3, -0.25) is 4.31 Å². The quantitative estimate of drug-likeness (QED) is 0.336. The zero-order valence-electron chi connectivity index (χ0n) is 21.9. The van der Waals surface area contributed by atoms with Crippen LogP contribution >= 0.6 is 11.6 Å². The predicted molar refractivity (Wildman–Crippen MR) is 149 cm³/mol. The number of ether oxygens (including phenoxy) is 2. The molecule has 0 amide bonds. The highest BCUT2D eigenvalue weighted by atomic mass is 35.5. The van der Waals surface area contributed by atoms with Crippen LogP contribution in [-0.4, -0.2) is 28.1 Å². The van der Waals surface area contributed by atoms with Gasteiger partial charge in [-0.05, 0) is 62.6 Å². The molecule has 1 aliphatic heterocycles. The van der Waals surface area contributed by atoms with E-state index in [9.17, 15) is 12.8 Å². The first-order valence-electron chi connectivity index (χ1n) is 12.3. The molecule has 6 nitrogen and oxygen atoms in total. The van der Waals surface area contributed by atoms with Crippen LogP contribution in [0.15, 0.2) is 71.8 Å². The first-order chi connectivity index (χ1) is 18.0. The fourth-order valence-corrected chi connectivity index (χ4v) is 6.65. The van der Waals surface area contributed by atoms with Crippen molar-refractivity contribution in [2.45, 2.75) is 44.7 Å². The van der Waals surface area contributed by atoms with Crippen molar-refractivity contribution in [1.82, 2.24) is 5.32 Å². The van der Waals surface area contributed by atoms with Crippen LogP contribution < -0.4 is 19.1 Å². The lowest BCUT2D eigenvalue weighted by molar-refractivity contribution is 0.299. The number of nitrogens with one attached hydrogen (secondary N) is 1. The maximum Gasteiger partial charge on any atom is 0.264 e. The summed E-state index contributed by atoms with van der Waals surface area (Å²) in [6, 6.07) is 14.3. The van der Waals surface area contributed by atoms with Gasteiger partial charge in [-0.1, -0.05) is 36.4 Å². The molecule has 38 heavy (non-hydrogen) atoms. The van der Waals surface area contributed by atoms with E-state index in [2.05, 4.69) is 11.9 Å². The average Bonchev–Trinajstić information content (AvgIpc) is 2.87. The van der Waals surface area contributed by atoms with E-state index in [1.807, 2.05) is 26.8 Å². The van der Waals surface area contributed by atoms with Gasteiger partial charge in [-0.2, -0.15) is 0 Å². The highest BCUT2D eigenvalue weighted by Gasteiger charge is 2.39. The number of benzene rings is 3. The lowest BCUT2D eigenvalue weighted by Gasteiger charge is -2.41. The van der Waals surface area contributed by atoms with Gasteiger partial charge in [0.1, 0.15) is 23.9 Å². The lowest BCUT2D eigenvalue weighted by atomic mass is 9.87. The van der Waals surface area contributed by atoms with Gasteiger partial charge in [-0.15, -0.1) is 0 Å². The molecule has 2 atom stereocenters. The molecule has 0 saturated heterocycles. The molecule has 3 aromatic rings. The zero-order chi connectivity index (χ0) is 27.6. The summed E-state index contributed by atoms with van der Waals surface area (Å²) in [4.78, 5) is 0.135. The average molecular weight is 559 g/mol. The Balaban J connectivity index is 1.75. The summed E-state index contributed by atoms with van der Waals surface area (Å²) in [5.41, 5.74) is 3.29. The molecule has 0 unspecified atom stereocenters. The number of allylic oxidation sites excluding steroid dienone is 1. The van der Waals surface area contributed by atoms with Crippen molar-refractivity contribution in [3.8, 4) is 11.5 Å². The third-order valence-corrected chi connectivity index (χ3v) is 9.13. The number of fused-ring (bicyclic) bond motifs is 1. The summed E-state index contributed by atoms with van der Waals surface area (Å²) < 4.78 is 55.3. The van der Waals surface area contributed by atoms with Gasteiger partial charge in [0.25, 0.3) is 10.0 Å². The number of nitrogens with zero attached hydrogens (tertiary/aromatic N) is 1. The van der Waals surface area contributed by atoms with E-state index in [1.54, 1.807) is 36.4 Å². The van der Waals surface area contributed by atoms with Crippen LogP contribution in [0.4, 0.5) is 10.1 Å². The van der Waals surface area contributed by atoms with Crippen LogP contribution in [0, 0.1) is 18.7 Å². The first-order valence-corrected chi connectivity index (χ1v) is 14.1. The highest BCUT2D eigenvalue weighted by Crippen LogP contribution is 2.40. The molecule has 9 heteroatoms. The van der Waals surface area contributed by atoms with Gasteiger partial charge in [-0.25, -0.2) is 12.8 Å². The molecule has 202 valence electrons.